The Balaban J connectivity index is 1.65. The highest BCUT2D eigenvalue weighted by Gasteiger charge is 2.22. The van der Waals surface area contributed by atoms with Gasteiger partial charge in [-0.25, -0.2) is 0 Å². The highest BCUT2D eigenvalue weighted by atomic mass is 16.2. The van der Waals surface area contributed by atoms with Crippen molar-refractivity contribution in [1.82, 2.24) is 4.90 Å². The van der Waals surface area contributed by atoms with E-state index in [-0.39, 0.29) is 5.91 Å². The number of hydrogen-bond donors (Lipinski definition) is 1. The molecular weight excluding hydrogens is 274 g/mol. The van der Waals surface area contributed by atoms with Gasteiger partial charge in [0.05, 0.1) is 0 Å². The molecule has 0 atom stereocenters. The van der Waals surface area contributed by atoms with E-state index < -0.39 is 0 Å². The predicted molar refractivity (Wildman–Crippen MR) is 90.1 cm³/mol. The summed E-state index contributed by atoms with van der Waals surface area (Å²) in [6.45, 7) is 5.15. The first-order valence-electron chi connectivity index (χ1n) is 7.60. The molecule has 114 valence electrons. The molecular formula is C18H21N3O. The lowest BCUT2D eigenvalue weighted by molar-refractivity contribution is 0.0747. The van der Waals surface area contributed by atoms with Gasteiger partial charge >= 0.3 is 0 Å². The maximum Gasteiger partial charge on any atom is 0.253 e. The first-order chi connectivity index (χ1) is 10.6. The molecule has 1 heterocycles. The molecule has 0 aliphatic carbocycles. The van der Waals surface area contributed by atoms with Gasteiger partial charge in [0.1, 0.15) is 0 Å². The second-order valence-electron chi connectivity index (χ2n) is 5.69. The van der Waals surface area contributed by atoms with Crippen molar-refractivity contribution in [3.05, 3.63) is 59.7 Å². The largest absolute Gasteiger partial charge is 0.398 e. The molecule has 0 spiro atoms. The Labute approximate surface area is 131 Å². The van der Waals surface area contributed by atoms with E-state index in [0.29, 0.717) is 0 Å². The van der Waals surface area contributed by atoms with Crippen molar-refractivity contribution in [1.29, 1.82) is 0 Å². The summed E-state index contributed by atoms with van der Waals surface area (Å²) in [5, 5.41) is 0. The molecule has 1 aliphatic heterocycles. The van der Waals surface area contributed by atoms with Gasteiger partial charge in [0.2, 0.25) is 0 Å². The molecule has 2 aromatic carbocycles. The first-order valence-corrected chi connectivity index (χ1v) is 7.60. The molecule has 0 aromatic heterocycles. The molecule has 1 saturated heterocycles. The quantitative estimate of drug-likeness (QED) is 0.866. The van der Waals surface area contributed by atoms with Crippen LogP contribution >= 0.6 is 0 Å². The minimum atomic E-state index is 0.115. The molecule has 4 heteroatoms. The molecule has 2 aromatic rings. The van der Waals surface area contributed by atoms with E-state index in [9.17, 15) is 4.79 Å². The Kier molecular flexibility index (Phi) is 4.00. The van der Waals surface area contributed by atoms with E-state index in [1.165, 1.54) is 0 Å². The third kappa shape index (κ3) is 2.91. The van der Waals surface area contributed by atoms with Gasteiger partial charge in [-0.1, -0.05) is 24.3 Å². The molecule has 4 nitrogen and oxygen atoms in total. The Morgan fingerprint density at radius 1 is 1.00 bits per heavy atom. The van der Waals surface area contributed by atoms with E-state index in [1.807, 2.05) is 54.3 Å². The van der Waals surface area contributed by atoms with Gasteiger partial charge in [-0.3, -0.25) is 4.79 Å². The Morgan fingerprint density at radius 2 is 1.68 bits per heavy atom. The SMILES string of the molecule is Cc1ccc(N2CCN(C(=O)c3ccccc3)CC2)cc1N. The van der Waals surface area contributed by atoms with E-state index >= 15 is 0 Å². The van der Waals surface area contributed by atoms with Crippen LogP contribution in [-0.2, 0) is 0 Å². The summed E-state index contributed by atoms with van der Waals surface area (Å²) in [5.41, 5.74) is 9.80. The summed E-state index contributed by atoms with van der Waals surface area (Å²) in [5.74, 6) is 0.115. The number of carbonyl (C=O) groups excluding carboxylic acids is 1. The van der Waals surface area contributed by atoms with Crippen LogP contribution in [0.15, 0.2) is 48.5 Å². The van der Waals surface area contributed by atoms with Gasteiger partial charge in [0.15, 0.2) is 0 Å². The van der Waals surface area contributed by atoms with Crippen molar-refractivity contribution in [2.45, 2.75) is 6.92 Å². The molecule has 3 rings (SSSR count). The first kappa shape index (κ1) is 14.4. The van der Waals surface area contributed by atoms with Crippen molar-refractivity contribution in [2.24, 2.45) is 0 Å². The fourth-order valence-electron chi connectivity index (χ4n) is 2.76. The van der Waals surface area contributed by atoms with E-state index in [1.54, 1.807) is 0 Å². The van der Waals surface area contributed by atoms with Crippen LogP contribution in [0.1, 0.15) is 15.9 Å². The van der Waals surface area contributed by atoms with Crippen molar-refractivity contribution >= 4 is 17.3 Å². The maximum absolute atomic E-state index is 12.4. The molecule has 0 unspecified atom stereocenters. The molecule has 2 N–H and O–H groups in total. The van der Waals surface area contributed by atoms with Gasteiger partial charge in [0, 0.05) is 43.1 Å². The van der Waals surface area contributed by atoms with Crippen LogP contribution < -0.4 is 10.6 Å². The number of piperazine rings is 1. The van der Waals surface area contributed by atoms with Crippen molar-refractivity contribution in [3.63, 3.8) is 0 Å². The predicted octanol–water partition coefficient (Wildman–Crippen LogP) is 2.54. The average Bonchev–Trinajstić information content (AvgIpc) is 2.58. The lowest BCUT2D eigenvalue weighted by atomic mass is 10.1. The highest BCUT2D eigenvalue weighted by Crippen LogP contribution is 2.22. The molecule has 22 heavy (non-hydrogen) atoms. The maximum atomic E-state index is 12.4. The number of hydrogen-bond acceptors (Lipinski definition) is 3. The van der Waals surface area contributed by atoms with Gasteiger partial charge in [0.25, 0.3) is 5.91 Å². The number of benzene rings is 2. The summed E-state index contributed by atoms with van der Waals surface area (Å²) in [7, 11) is 0. The smallest absolute Gasteiger partial charge is 0.253 e. The van der Waals surface area contributed by atoms with Gasteiger partial charge in [-0.05, 0) is 36.8 Å². The summed E-state index contributed by atoms with van der Waals surface area (Å²) in [6.07, 6.45) is 0. The molecule has 0 saturated carbocycles. The fourth-order valence-corrected chi connectivity index (χ4v) is 2.76. The van der Waals surface area contributed by atoms with Crippen molar-refractivity contribution in [3.8, 4) is 0 Å². The third-order valence-corrected chi connectivity index (χ3v) is 4.22. The highest BCUT2D eigenvalue weighted by molar-refractivity contribution is 5.94. The molecule has 1 fully saturated rings. The van der Waals surface area contributed by atoms with E-state index in [4.69, 9.17) is 5.73 Å². The van der Waals surface area contributed by atoms with E-state index in [2.05, 4.69) is 11.0 Å². The standard InChI is InChI=1S/C18H21N3O/c1-14-7-8-16(13-17(14)19)20-9-11-21(12-10-20)18(22)15-5-3-2-4-6-15/h2-8,13H,9-12,19H2,1H3. The summed E-state index contributed by atoms with van der Waals surface area (Å²) >= 11 is 0. The van der Waals surface area contributed by atoms with Crippen LogP contribution in [0.5, 0.6) is 0 Å². The summed E-state index contributed by atoms with van der Waals surface area (Å²) in [6, 6.07) is 15.6. The molecule has 0 bridgehead atoms. The zero-order valence-electron chi connectivity index (χ0n) is 12.8. The Bertz CT molecular complexity index is 661. The van der Waals surface area contributed by atoms with Crippen molar-refractivity contribution in [2.75, 3.05) is 36.8 Å². The van der Waals surface area contributed by atoms with Gasteiger partial charge < -0.3 is 15.5 Å². The van der Waals surface area contributed by atoms with Crippen LogP contribution in [0, 0.1) is 6.92 Å². The molecule has 1 amide bonds. The van der Waals surface area contributed by atoms with Crippen molar-refractivity contribution < 1.29 is 4.79 Å². The zero-order valence-corrected chi connectivity index (χ0v) is 12.8. The van der Waals surface area contributed by atoms with E-state index in [0.717, 1.165) is 48.7 Å². The number of rotatable bonds is 2. The lowest BCUT2D eigenvalue weighted by Gasteiger charge is -2.36. The number of carbonyl (C=O) groups is 1. The number of anilines is 2. The van der Waals surface area contributed by atoms with Crippen LogP contribution in [-0.4, -0.2) is 37.0 Å². The second kappa shape index (κ2) is 6.10. The number of nitrogens with zero attached hydrogens (tertiary/aromatic N) is 2. The number of nitrogens with two attached hydrogens (primary N) is 1. The van der Waals surface area contributed by atoms with Crippen LogP contribution in [0.25, 0.3) is 0 Å². The van der Waals surface area contributed by atoms with Gasteiger partial charge in [-0.2, -0.15) is 0 Å². The lowest BCUT2D eigenvalue weighted by Crippen LogP contribution is -2.48. The number of amides is 1. The fraction of sp³-hybridized carbons (Fsp3) is 0.278. The number of aryl methyl sites for hydroxylation is 1. The molecule has 0 radical (unpaired) electrons. The minimum Gasteiger partial charge on any atom is -0.398 e. The Hall–Kier alpha value is -2.49. The Morgan fingerprint density at radius 3 is 2.32 bits per heavy atom. The second-order valence-corrected chi connectivity index (χ2v) is 5.69. The van der Waals surface area contributed by atoms with Crippen LogP contribution in [0.4, 0.5) is 11.4 Å². The van der Waals surface area contributed by atoms with Crippen LogP contribution in [0.2, 0.25) is 0 Å². The monoisotopic (exact) mass is 295 g/mol. The number of nitrogen functional groups attached to an aromatic ring is 1. The van der Waals surface area contributed by atoms with Gasteiger partial charge in [-0.15, -0.1) is 0 Å². The topological polar surface area (TPSA) is 49.6 Å². The minimum absolute atomic E-state index is 0.115. The normalized spacial score (nSPS) is 15.0. The third-order valence-electron chi connectivity index (χ3n) is 4.22. The summed E-state index contributed by atoms with van der Waals surface area (Å²) < 4.78 is 0. The molecule has 1 aliphatic rings. The van der Waals surface area contributed by atoms with Crippen LogP contribution in [0.3, 0.4) is 0 Å². The summed E-state index contributed by atoms with van der Waals surface area (Å²) in [4.78, 5) is 16.6. The average molecular weight is 295 g/mol. The zero-order chi connectivity index (χ0) is 15.5.